The Hall–Kier alpha value is -1.54. The van der Waals surface area contributed by atoms with E-state index < -0.39 is 27.4 Å². The van der Waals surface area contributed by atoms with Crippen LogP contribution >= 0.6 is 11.8 Å². The van der Waals surface area contributed by atoms with Crippen LogP contribution in [0.1, 0.15) is 71.6 Å². The molecule has 0 aromatic heterocycles. The monoisotopic (exact) mass is 492 g/mol. The Morgan fingerprint density at radius 1 is 1.26 bits per heavy atom. The zero-order valence-electron chi connectivity index (χ0n) is 20.7. The van der Waals surface area contributed by atoms with Crippen LogP contribution in [-0.2, 0) is 19.1 Å². The molecule has 4 rings (SSSR count). The third kappa shape index (κ3) is 4.08. The van der Waals surface area contributed by atoms with Crippen LogP contribution in [0.3, 0.4) is 0 Å². The van der Waals surface area contributed by atoms with E-state index in [4.69, 9.17) is 4.74 Å². The molecule has 5 atom stereocenters. The first kappa shape index (κ1) is 25.5. The molecule has 7 nitrogen and oxygen atoms in total. The van der Waals surface area contributed by atoms with Crippen LogP contribution < -0.4 is 0 Å². The van der Waals surface area contributed by atoms with Gasteiger partial charge in [-0.1, -0.05) is 25.3 Å². The minimum Gasteiger partial charge on any atom is -0.466 e. The Morgan fingerprint density at radius 3 is 2.65 bits per heavy atom. The van der Waals surface area contributed by atoms with Gasteiger partial charge in [-0.3, -0.25) is 14.4 Å². The number of nitrogens with zero attached hydrogens (tertiary/aromatic N) is 2. The van der Waals surface area contributed by atoms with Crippen molar-refractivity contribution in [3.05, 3.63) is 12.7 Å². The third-order valence-corrected chi connectivity index (χ3v) is 10.5. The standard InChI is InChI=1S/C26H40N2O5S/c1-4-15-27(18-11-7-6-8-12-18)23(31)21-26-14-13-25(3,34-26)20(24(32)33-5-2)19(26)22(30)28(21)16-9-10-17-29/h4,18-21,29H,1,5-17H2,2-3H3/t19-,20-,21?,25+,26?/m0/s1. The van der Waals surface area contributed by atoms with Crippen LogP contribution in [0, 0.1) is 11.8 Å². The van der Waals surface area contributed by atoms with Crippen LogP contribution in [0.25, 0.3) is 0 Å². The van der Waals surface area contributed by atoms with E-state index in [-0.39, 0.29) is 37.0 Å². The molecule has 1 aliphatic carbocycles. The van der Waals surface area contributed by atoms with Crippen molar-refractivity contribution in [2.45, 2.75) is 93.2 Å². The van der Waals surface area contributed by atoms with Crippen molar-refractivity contribution in [1.82, 2.24) is 9.80 Å². The lowest BCUT2D eigenvalue weighted by Gasteiger charge is -2.41. The van der Waals surface area contributed by atoms with Gasteiger partial charge < -0.3 is 19.6 Å². The van der Waals surface area contributed by atoms with Gasteiger partial charge in [0.15, 0.2) is 0 Å². The molecule has 3 aliphatic heterocycles. The number of carbonyl (C=O) groups excluding carboxylic acids is 3. The summed E-state index contributed by atoms with van der Waals surface area (Å²) >= 11 is 1.69. The number of likely N-dealkylation sites (tertiary alicyclic amines) is 1. The quantitative estimate of drug-likeness (QED) is 0.286. The highest BCUT2D eigenvalue weighted by Crippen LogP contribution is 2.71. The van der Waals surface area contributed by atoms with Gasteiger partial charge in [-0.15, -0.1) is 18.3 Å². The number of hydrogen-bond acceptors (Lipinski definition) is 6. The molecule has 2 bridgehead atoms. The summed E-state index contributed by atoms with van der Waals surface area (Å²) in [5, 5.41) is 9.33. The van der Waals surface area contributed by atoms with Crippen molar-refractivity contribution < 1.29 is 24.2 Å². The van der Waals surface area contributed by atoms with E-state index in [0.29, 0.717) is 25.9 Å². The lowest BCUT2D eigenvalue weighted by atomic mass is 9.66. The fourth-order valence-electron chi connectivity index (χ4n) is 7.04. The Balaban J connectivity index is 1.72. The summed E-state index contributed by atoms with van der Waals surface area (Å²) in [6.45, 7) is 9.00. The predicted molar refractivity (Wildman–Crippen MR) is 132 cm³/mol. The molecule has 190 valence electrons. The van der Waals surface area contributed by atoms with E-state index in [2.05, 4.69) is 13.5 Å². The number of rotatable bonds is 10. The smallest absolute Gasteiger partial charge is 0.311 e. The highest BCUT2D eigenvalue weighted by molar-refractivity contribution is 8.02. The fraction of sp³-hybridized carbons (Fsp3) is 0.808. The topological polar surface area (TPSA) is 87.2 Å². The van der Waals surface area contributed by atoms with E-state index in [0.717, 1.165) is 38.5 Å². The highest BCUT2D eigenvalue weighted by atomic mass is 32.2. The average molecular weight is 493 g/mol. The lowest BCUT2D eigenvalue weighted by molar-refractivity contribution is -0.155. The maximum absolute atomic E-state index is 14.4. The first-order chi connectivity index (χ1) is 16.3. The molecule has 4 fully saturated rings. The Kier molecular flexibility index (Phi) is 7.67. The molecule has 3 saturated heterocycles. The summed E-state index contributed by atoms with van der Waals surface area (Å²) < 4.78 is 4.45. The van der Waals surface area contributed by atoms with E-state index in [1.807, 2.05) is 4.90 Å². The first-order valence-electron chi connectivity index (χ1n) is 13.0. The van der Waals surface area contributed by atoms with Crippen LogP contribution in [0.5, 0.6) is 0 Å². The zero-order chi connectivity index (χ0) is 24.5. The molecule has 34 heavy (non-hydrogen) atoms. The van der Waals surface area contributed by atoms with Crippen molar-refractivity contribution >= 4 is 29.5 Å². The number of esters is 1. The van der Waals surface area contributed by atoms with Gasteiger partial charge in [0.2, 0.25) is 11.8 Å². The van der Waals surface area contributed by atoms with Gasteiger partial charge in [0.05, 0.1) is 23.2 Å². The molecule has 4 aliphatic rings. The summed E-state index contributed by atoms with van der Waals surface area (Å²) in [6, 6.07) is -0.416. The van der Waals surface area contributed by atoms with Gasteiger partial charge in [-0.25, -0.2) is 0 Å². The second-order valence-electron chi connectivity index (χ2n) is 10.5. The maximum atomic E-state index is 14.4. The van der Waals surface area contributed by atoms with Crippen LogP contribution in [0.15, 0.2) is 12.7 Å². The number of hydrogen-bond donors (Lipinski definition) is 1. The third-order valence-electron chi connectivity index (χ3n) is 8.48. The van der Waals surface area contributed by atoms with E-state index in [9.17, 15) is 19.5 Å². The van der Waals surface area contributed by atoms with Gasteiger partial charge >= 0.3 is 5.97 Å². The molecule has 1 saturated carbocycles. The van der Waals surface area contributed by atoms with Crippen molar-refractivity contribution in [2.24, 2.45) is 11.8 Å². The molecule has 2 amide bonds. The Labute approximate surface area is 207 Å². The highest BCUT2D eigenvalue weighted by Gasteiger charge is 2.77. The van der Waals surface area contributed by atoms with Crippen molar-refractivity contribution in [2.75, 3.05) is 26.3 Å². The van der Waals surface area contributed by atoms with Gasteiger partial charge in [-0.2, -0.15) is 0 Å². The molecule has 1 N–H and O–H groups in total. The number of thioether (sulfide) groups is 1. The number of fused-ring (bicyclic) bond motifs is 1. The van der Waals surface area contributed by atoms with Crippen LogP contribution in [0.2, 0.25) is 0 Å². The van der Waals surface area contributed by atoms with Crippen LogP contribution in [-0.4, -0.2) is 80.6 Å². The van der Waals surface area contributed by atoms with Gasteiger partial charge in [-0.05, 0) is 52.4 Å². The van der Waals surface area contributed by atoms with Crippen molar-refractivity contribution in [1.29, 1.82) is 0 Å². The Bertz CT molecular complexity index is 815. The van der Waals surface area contributed by atoms with Crippen LogP contribution in [0.4, 0.5) is 0 Å². The van der Waals surface area contributed by atoms with Gasteiger partial charge in [0.25, 0.3) is 0 Å². The van der Waals surface area contributed by atoms with E-state index >= 15 is 0 Å². The summed E-state index contributed by atoms with van der Waals surface area (Å²) in [5.41, 5.74) is 0. The van der Waals surface area contributed by atoms with E-state index in [1.165, 1.54) is 6.42 Å². The summed E-state index contributed by atoms with van der Waals surface area (Å²) in [6.07, 6.45) is 9.93. The van der Waals surface area contributed by atoms with Crippen molar-refractivity contribution in [3.8, 4) is 0 Å². The predicted octanol–water partition coefficient (Wildman–Crippen LogP) is 3.15. The number of aliphatic hydroxyl groups is 1. The normalized spacial score (nSPS) is 34.9. The molecule has 8 heteroatoms. The number of carbonyl (C=O) groups is 3. The minimum atomic E-state index is -0.604. The van der Waals surface area contributed by atoms with Crippen molar-refractivity contribution in [3.63, 3.8) is 0 Å². The second kappa shape index (κ2) is 10.2. The molecule has 0 radical (unpaired) electrons. The number of ether oxygens (including phenoxy) is 1. The first-order valence-corrected chi connectivity index (χ1v) is 13.9. The second-order valence-corrected chi connectivity index (χ2v) is 12.4. The zero-order valence-corrected chi connectivity index (χ0v) is 21.5. The maximum Gasteiger partial charge on any atom is 0.311 e. The minimum absolute atomic E-state index is 0.00732. The van der Waals surface area contributed by atoms with Gasteiger partial charge in [0.1, 0.15) is 6.04 Å². The number of aliphatic hydroxyl groups excluding tert-OH is 1. The van der Waals surface area contributed by atoms with Gasteiger partial charge in [0, 0.05) is 30.5 Å². The molecular formula is C26H40N2O5S. The number of amides is 2. The lowest BCUT2D eigenvalue weighted by Crippen LogP contribution is -2.57. The molecule has 1 spiro atoms. The summed E-state index contributed by atoms with van der Waals surface area (Å²) in [4.78, 5) is 45.1. The molecule has 0 aromatic rings. The largest absolute Gasteiger partial charge is 0.466 e. The Morgan fingerprint density at radius 2 is 2.00 bits per heavy atom. The summed E-state index contributed by atoms with van der Waals surface area (Å²) in [5.74, 6) is -1.45. The molecule has 2 unspecified atom stereocenters. The fourth-order valence-corrected chi connectivity index (χ4v) is 9.38. The molecular weight excluding hydrogens is 452 g/mol. The number of unbranched alkanes of at least 4 members (excludes halogenated alkanes) is 1. The molecule has 3 heterocycles. The SMILES string of the molecule is C=CCN(C(=O)C1N(CCCCO)C(=O)[C@@H]2[C@@H](C(=O)OCC)[C@@]3(C)CCC12S3)C1CCCCC1. The summed E-state index contributed by atoms with van der Waals surface area (Å²) in [7, 11) is 0. The average Bonchev–Trinajstić information content (AvgIpc) is 3.39. The van der Waals surface area contributed by atoms with E-state index in [1.54, 1.807) is 29.7 Å². The molecule has 0 aromatic carbocycles.